The van der Waals surface area contributed by atoms with E-state index in [1.807, 2.05) is 6.07 Å². The molecule has 0 aromatic carbocycles. The van der Waals surface area contributed by atoms with Crippen LogP contribution in [-0.2, 0) is 41.4 Å². The Labute approximate surface area is 193 Å². The van der Waals surface area contributed by atoms with Gasteiger partial charge in [-0.2, -0.15) is 0 Å². The molecule has 10 heteroatoms. The van der Waals surface area contributed by atoms with E-state index >= 15 is 0 Å². The van der Waals surface area contributed by atoms with Crippen LogP contribution in [0.1, 0.15) is 31.5 Å². The lowest BCUT2D eigenvalue weighted by molar-refractivity contribution is -0.141. The van der Waals surface area contributed by atoms with Crippen molar-refractivity contribution >= 4 is 23.6 Å². The number of alkyl carbamates (subject to hydrolysis) is 1. The number of hydrogen-bond acceptors (Lipinski definition) is 8. The Morgan fingerprint density at radius 2 is 1.97 bits per heavy atom. The minimum Gasteiger partial charge on any atom is -0.447 e. The molecule has 2 amide bonds. The van der Waals surface area contributed by atoms with Crippen molar-refractivity contribution in [1.82, 2.24) is 15.6 Å². The first-order valence-corrected chi connectivity index (χ1v) is 11.1. The highest BCUT2D eigenvalue weighted by atomic mass is 16.6. The summed E-state index contributed by atoms with van der Waals surface area (Å²) in [5.74, 6) is -2.81. The molecule has 0 saturated heterocycles. The third-order valence-corrected chi connectivity index (χ3v) is 5.33. The fraction of sp³-hybridized carbons (Fsp3) is 0.609. The summed E-state index contributed by atoms with van der Waals surface area (Å²) >= 11 is 0. The molecule has 0 radical (unpaired) electrons. The van der Waals surface area contributed by atoms with Crippen LogP contribution >= 0.6 is 0 Å². The normalized spacial score (nSPS) is 17.3. The Bertz CT molecular complexity index is 828. The Balaban J connectivity index is 2.01. The maximum Gasteiger partial charge on any atom is 0.407 e. The van der Waals surface area contributed by atoms with Crippen molar-refractivity contribution < 1.29 is 33.4 Å². The summed E-state index contributed by atoms with van der Waals surface area (Å²) in [6.07, 6.45) is 1.43. The molecule has 182 valence electrons. The summed E-state index contributed by atoms with van der Waals surface area (Å²) in [6, 6.07) is 2.84. The minimum absolute atomic E-state index is 0.0261. The van der Waals surface area contributed by atoms with Gasteiger partial charge in [-0.15, -0.1) is 0 Å². The first kappa shape index (κ1) is 26.4. The Morgan fingerprint density at radius 3 is 2.70 bits per heavy atom. The quantitative estimate of drug-likeness (QED) is 0.365. The highest BCUT2D eigenvalue weighted by Crippen LogP contribution is 2.20. The summed E-state index contributed by atoms with van der Waals surface area (Å²) in [6.45, 7) is 4.94. The van der Waals surface area contributed by atoms with Crippen molar-refractivity contribution in [1.29, 1.82) is 0 Å². The largest absolute Gasteiger partial charge is 0.447 e. The lowest BCUT2D eigenvalue weighted by Gasteiger charge is -2.23. The number of rotatable bonds is 11. The molecular formula is C23H33N3O7. The van der Waals surface area contributed by atoms with E-state index in [9.17, 15) is 19.2 Å². The number of ether oxygens (including phenoxy) is 3. The lowest BCUT2D eigenvalue weighted by Crippen LogP contribution is -2.46. The van der Waals surface area contributed by atoms with Crippen LogP contribution in [0.5, 0.6) is 0 Å². The first-order chi connectivity index (χ1) is 15.8. The predicted octanol–water partition coefficient (Wildman–Crippen LogP) is 0.855. The number of aromatic nitrogens is 1. The predicted molar refractivity (Wildman–Crippen MR) is 119 cm³/mol. The number of nitrogens with one attached hydrogen (secondary N) is 2. The SMILES string of the molecule is COCCOCCOC(=O)NC(C(=O)CC1Cc2ncccc2CCNC(=O)C1=O)C(C)C. The van der Waals surface area contributed by atoms with Crippen LogP contribution in [-0.4, -0.2) is 74.7 Å². The summed E-state index contributed by atoms with van der Waals surface area (Å²) in [5, 5.41) is 5.18. The van der Waals surface area contributed by atoms with Gasteiger partial charge < -0.3 is 24.8 Å². The van der Waals surface area contributed by atoms with Gasteiger partial charge in [0.2, 0.25) is 5.78 Å². The summed E-state index contributed by atoms with van der Waals surface area (Å²) in [4.78, 5) is 54.6. The average molecular weight is 464 g/mol. The number of fused-ring (bicyclic) bond motifs is 1. The molecule has 2 atom stereocenters. The summed E-state index contributed by atoms with van der Waals surface area (Å²) in [7, 11) is 1.56. The van der Waals surface area contributed by atoms with Crippen LogP contribution in [0.4, 0.5) is 4.79 Å². The van der Waals surface area contributed by atoms with E-state index in [1.165, 1.54) is 0 Å². The van der Waals surface area contributed by atoms with Crippen LogP contribution in [0, 0.1) is 11.8 Å². The molecule has 2 N–H and O–H groups in total. The topological polar surface area (TPSA) is 133 Å². The molecule has 0 spiro atoms. The smallest absolute Gasteiger partial charge is 0.407 e. The molecule has 0 bridgehead atoms. The summed E-state index contributed by atoms with van der Waals surface area (Å²) in [5.41, 5.74) is 1.63. The number of amides is 2. The van der Waals surface area contributed by atoms with Crippen LogP contribution in [0.2, 0.25) is 0 Å². The number of carbonyl (C=O) groups excluding carboxylic acids is 4. The highest BCUT2D eigenvalue weighted by molar-refractivity contribution is 6.37. The van der Waals surface area contributed by atoms with Gasteiger partial charge in [0.15, 0.2) is 5.78 Å². The van der Waals surface area contributed by atoms with Gasteiger partial charge in [-0.05, 0) is 24.0 Å². The van der Waals surface area contributed by atoms with Gasteiger partial charge in [-0.3, -0.25) is 19.4 Å². The van der Waals surface area contributed by atoms with E-state index in [-0.39, 0.29) is 37.8 Å². The van der Waals surface area contributed by atoms with E-state index in [0.29, 0.717) is 31.9 Å². The van der Waals surface area contributed by atoms with Crippen LogP contribution < -0.4 is 10.6 Å². The Morgan fingerprint density at radius 1 is 1.21 bits per heavy atom. The molecule has 0 fully saturated rings. The van der Waals surface area contributed by atoms with Gasteiger partial charge >= 0.3 is 6.09 Å². The second-order valence-corrected chi connectivity index (χ2v) is 8.16. The maximum absolute atomic E-state index is 13.1. The van der Waals surface area contributed by atoms with Crippen molar-refractivity contribution in [3.8, 4) is 0 Å². The number of hydrogen-bond donors (Lipinski definition) is 2. The molecule has 33 heavy (non-hydrogen) atoms. The number of Topliss-reactive ketones (excluding diaryl/α,β-unsaturated/α-hetero) is 2. The molecule has 10 nitrogen and oxygen atoms in total. The molecule has 2 rings (SSSR count). The number of nitrogens with zero attached hydrogens (tertiary/aromatic N) is 1. The van der Waals surface area contributed by atoms with Crippen molar-refractivity contribution in [2.24, 2.45) is 11.8 Å². The first-order valence-electron chi connectivity index (χ1n) is 11.1. The molecule has 1 aliphatic rings. The average Bonchev–Trinajstić information content (AvgIpc) is 2.84. The van der Waals surface area contributed by atoms with E-state index in [4.69, 9.17) is 14.2 Å². The van der Waals surface area contributed by atoms with E-state index in [1.54, 1.807) is 33.2 Å². The molecule has 2 heterocycles. The van der Waals surface area contributed by atoms with Gasteiger partial charge in [0.1, 0.15) is 6.61 Å². The number of carbonyl (C=O) groups is 4. The second-order valence-electron chi connectivity index (χ2n) is 8.16. The van der Waals surface area contributed by atoms with Gasteiger partial charge in [0.05, 0.1) is 25.9 Å². The van der Waals surface area contributed by atoms with Crippen molar-refractivity contribution in [2.45, 2.75) is 39.2 Å². The van der Waals surface area contributed by atoms with Crippen LogP contribution in [0.15, 0.2) is 18.3 Å². The molecular weight excluding hydrogens is 430 g/mol. The van der Waals surface area contributed by atoms with E-state index in [2.05, 4.69) is 15.6 Å². The van der Waals surface area contributed by atoms with Gasteiger partial charge in [-0.1, -0.05) is 19.9 Å². The van der Waals surface area contributed by atoms with Gasteiger partial charge in [-0.25, -0.2) is 4.79 Å². The van der Waals surface area contributed by atoms with E-state index < -0.39 is 29.7 Å². The molecule has 0 saturated carbocycles. The third kappa shape index (κ3) is 8.54. The van der Waals surface area contributed by atoms with Gasteiger partial charge in [0.25, 0.3) is 5.91 Å². The van der Waals surface area contributed by atoms with Gasteiger partial charge in [0, 0.05) is 44.3 Å². The zero-order valence-electron chi connectivity index (χ0n) is 19.4. The third-order valence-electron chi connectivity index (χ3n) is 5.33. The minimum atomic E-state index is -0.863. The number of methoxy groups -OCH3 is 1. The van der Waals surface area contributed by atoms with Crippen molar-refractivity contribution in [2.75, 3.05) is 40.1 Å². The fourth-order valence-corrected chi connectivity index (χ4v) is 3.55. The Kier molecular flexibility index (Phi) is 10.9. The van der Waals surface area contributed by atoms with Crippen LogP contribution in [0.25, 0.3) is 0 Å². The molecule has 0 aliphatic carbocycles. The number of pyridine rings is 1. The Hall–Kier alpha value is -2.85. The molecule has 1 aromatic rings. The zero-order chi connectivity index (χ0) is 24.2. The monoisotopic (exact) mass is 463 g/mol. The molecule has 2 unspecified atom stereocenters. The van der Waals surface area contributed by atoms with E-state index in [0.717, 1.165) is 5.56 Å². The van der Waals surface area contributed by atoms with Crippen molar-refractivity contribution in [3.63, 3.8) is 0 Å². The number of ketones is 2. The summed E-state index contributed by atoms with van der Waals surface area (Å²) < 4.78 is 15.2. The maximum atomic E-state index is 13.1. The second kappa shape index (κ2) is 13.6. The standard InChI is InChI=1S/C23H33N3O7/c1-15(2)20(26-23(30)33-12-11-32-10-9-31-3)19(27)14-17-13-18-16(5-4-7-24-18)6-8-25-22(29)21(17)28/h4-5,7,15,17,20H,6,8-14H2,1-3H3,(H,25,29)(H,26,30). The van der Waals surface area contributed by atoms with Crippen LogP contribution in [0.3, 0.4) is 0 Å². The molecule has 1 aromatic heterocycles. The zero-order valence-corrected chi connectivity index (χ0v) is 19.4. The fourth-order valence-electron chi connectivity index (χ4n) is 3.55. The lowest BCUT2D eigenvalue weighted by atomic mass is 9.86. The molecule has 1 aliphatic heterocycles. The van der Waals surface area contributed by atoms with Crippen molar-refractivity contribution in [3.05, 3.63) is 29.6 Å². The highest BCUT2D eigenvalue weighted by Gasteiger charge is 2.33.